The Balaban J connectivity index is 1.55. The van der Waals surface area contributed by atoms with Crippen LogP contribution < -0.4 is 10.6 Å². The summed E-state index contributed by atoms with van der Waals surface area (Å²) in [7, 11) is 0. The minimum absolute atomic E-state index is 0.261. The summed E-state index contributed by atoms with van der Waals surface area (Å²) in [6.07, 6.45) is 7.12. The van der Waals surface area contributed by atoms with Gasteiger partial charge in [0.1, 0.15) is 11.6 Å². The highest BCUT2D eigenvalue weighted by Crippen LogP contribution is 2.33. The summed E-state index contributed by atoms with van der Waals surface area (Å²) in [6.45, 7) is 3.71. The molecule has 0 amide bonds. The van der Waals surface area contributed by atoms with Gasteiger partial charge in [-0.2, -0.15) is 0 Å². The molecule has 0 aliphatic carbocycles. The molecule has 148 valence electrons. The second-order valence-electron chi connectivity index (χ2n) is 7.60. The number of pyridine rings is 2. The van der Waals surface area contributed by atoms with Crippen LogP contribution in [0.4, 0.5) is 20.3 Å². The van der Waals surface area contributed by atoms with Crippen LogP contribution in [0.2, 0.25) is 0 Å². The number of anilines is 2. The Morgan fingerprint density at radius 1 is 1.10 bits per heavy atom. The number of nitrogens with one attached hydrogen (secondary N) is 2. The van der Waals surface area contributed by atoms with Gasteiger partial charge in [-0.05, 0) is 61.9 Å². The van der Waals surface area contributed by atoms with Crippen molar-refractivity contribution in [2.75, 3.05) is 18.4 Å². The van der Waals surface area contributed by atoms with E-state index in [-0.39, 0.29) is 11.5 Å². The van der Waals surface area contributed by atoms with Crippen molar-refractivity contribution in [3.63, 3.8) is 0 Å². The van der Waals surface area contributed by atoms with Gasteiger partial charge < -0.3 is 15.0 Å². The lowest BCUT2D eigenvalue weighted by molar-refractivity contribution is 0.459. The first-order valence-corrected chi connectivity index (χ1v) is 9.79. The Labute approximate surface area is 166 Å². The van der Waals surface area contributed by atoms with E-state index >= 15 is 4.39 Å². The summed E-state index contributed by atoms with van der Waals surface area (Å²) in [5, 5.41) is 7.62. The van der Waals surface area contributed by atoms with Crippen molar-refractivity contribution in [2.45, 2.75) is 25.7 Å². The van der Waals surface area contributed by atoms with Gasteiger partial charge in [-0.3, -0.25) is 0 Å². The highest BCUT2D eigenvalue weighted by atomic mass is 19.1. The quantitative estimate of drug-likeness (QED) is 0.531. The molecule has 29 heavy (non-hydrogen) atoms. The summed E-state index contributed by atoms with van der Waals surface area (Å²) < 4.78 is 31.1. The van der Waals surface area contributed by atoms with Crippen molar-refractivity contribution in [1.82, 2.24) is 19.7 Å². The second-order valence-corrected chi connectivity index (χ2v) is 7.60. The van der Waals surface area contributed by atoms with E-state index in [1.807, 2.05) is 12.1 Å². The van der Waals surface area contributed by atoms with E-state index in [1.165, 1.54) is 6.07 Å². The lowest BCUT2D eigenvalue weighted by Crippen LogP contribution is -2.26. The third-order valence-corrected chi connectivity index (χ3v) is 5.54. The minimum atomic E-state index is -0.447. The molecule has 1 aliphatic heterocycles. The van der Waals surface area contributed by atoms with Crippen molar-refractivity contribution < 1.29 is 8.78 Å². The normalized spacial score (nSPS) is 15.3. The molecule has 2 N–H and O–H groups in total. The van der Waals surface area contributed by atoms with Gasteiger partial charge in [-0.25, -0.2) is 18.7 Å². The first kappa shape index (κ1) is 18.0. The number of aromatic nitrogens is 3. The van der Waals surface area contributed by atoms with Crippen LogP contribution in [-0.4, -0.2) is 27.5 Å². The van der Waals surface area contributed by atoms with Crippen molar-refractivity contribution in [3.05, 3.63) is 65.7 Å². The Morgan fingerprint density at radius 3 is 2.76 bits per heavy atom. The van der Waals surface area contributed by atoms with E-state index in [2.05, 4.69) is 20.6 Å². The van der Waals surface area contributed by atoms with Gasteiger partial charge in [0.05, 0.1) is 16.8 Å². The number of halogens is 2. The van der Waals surface area contributed by atoms with Crippen LogP contribution in [0.25, 0.3) is 16.4 Å². The van der Waals surface area contributed by atoms with Gasteiger partial charge in [0.25, 0.3) is 0 Å². The van der Waals surface area contributed by atoms with Gasteiger partial charge in [-0.15, -0.1) is 0 Å². The zero-order valence-corrected chi connectivity index (χ0v) is 16.0. The maximum Gasteiger partial charge on any atom is 0.173 e. The van der Waals surface area contributed by atoms with Gasteiger partial charge in [-0.1, -0.05) is 6.07 Å². The molecule has 0 unspecified atom stereocenters. The number of aryl methyl sites for hydroxylation is 1. The molecule has 0 bridgehead atoms. The van der Waals surface area contributed by atoms with Gasteiger partial charge >= 0.3 is 0 Å². The van der Waals surface area contributed by atoms with Crippen molar-refractivity contribution >= 4 is 27.9 Å². The number of piperidine rings is 1. The van der Waals surface area contributed by atoms with Gasteiger partial charge in [0.15, 0.2) is 11.5 Å². The molecule has 3 aromatic heterocycles. The van der Waals surface area contributed by atoms with Gasteiger partial charge in [0, 0.05) is 24.7 Å². The molecule has 0 spiro atoms. The third-order valence-electron chi connectivity index (χ3n) is 5.54. The largest absolute Gasteiger partial charge is 0.338 e. The Bertz CT molecular complexity index is 1210. The van der Waals surface area contributed by atoms with E-state index in [9.17, 15) is 4.39 Å². The van der Waals surface area contributed by atoms with Crippen LogP contribution in [-0.2, 0) is 0 Å². The SMILES string of the molecule is Cc1cn2cc(Nc3nccc4cc(C5CCNCC5)cc(F)c34)cc(F)c2n1. The van der Waals surface area contributed by atoms with Crippen LogP contribution in [0.3, 0.4) is 0 Å². The molecular weight excluding hydrogens is 372 g/mol. The molecule has 0 atom stereocenters. The van der Waals surface area contributed by atoms with Crippen molar-refractivity contribution in [3.8, 4) is 0 Å². The number of rotatable bonds is 3. The molecule has 5 rings (SSSR count). The van der Waals surface area contributed by atoms with Crippen LogP contribution >= 0.6 is 0 Å². The first-order chi connectivity index (χ1) is 14.1. The lowest BCUT2D eigenvalue weighted by atomic mass is 9.89. The molecular formula is C22H21F2N5. The fourth-order valence-corrected chi connectivity index (χ4v) is 4.16. The smallest absolute Gasteiger partial charge is 0.173 e. The molecule has 0 saturated carbocycles. The predicted octanol–water partition coefficient (Wildman–Crippen LogP) is 4.68. The van der Waals surface area contributed by atoms with Crippen molar-refractivity contribution in [1.29, 1.82) is 0 Å². The Kier molecular flexibility index (Phi) is 4.39. The number of nitrogens with zero attached hydrogens (tertiary/aromatic N) is 3. The highest BCUT2D eigenvalue weighted by Gasteiger charge is 2.18. The maximum atomic E-state index is 15.1. The second kappa shape index (κ2) is 7.08. The number of hydrogen-bond acceptors (Lipinski definition) is 4. The zero-order chi connectivity index (χ0) is 20.0. The summed E-state index contributed by atoms with van der Waals surface area (Å²) >= 11 is 0. The molecule has 1 saturated heterocycles. The molecule has 1 aliphatic rings. The van der Waals surface area contributed by atoms with E-state index < -0.39 is 5.82 Å². The molecule has 1 aromatic carbocycles. The molecule has 4 aromatic rings. The fraction of sp³-hybridized carbons (Fsp3) is 0.273. The summed E-state index contributed by atoms with van der Waals surface area (Å²) in [6, 6.07) is 6.83. The number of hydrogen-bond donors (Lipinski definition) is 2. The Hall–Kier alpha value is -3.06. The predicted molar refractivity (Wildman–Crippen MR) is 110 cm³/mol. The van der Waals surface area contributed by atoms with E-state index in [4.69, 9.17) is 0 Å². The summed E-state index contributed by atoms with van der Waals surface area (Å²) in [4.78, 5) is 8.47. The van der Waals surface area contributed by atoms with Crippen LogP contribution in [0, 0.1) is 18.6 Å². The van der Waals surface area contributed by atoms with Gasteiger partial charge in [0.2, 0.25) is 0 Å². The topological polar surface area (TPSA) is 54.2 Å². The number of benzene rings is 1. The maximum absolute atomic E-state index is 15.1. The highest BCUT2D eigenvalue weighted by molar-refractivity contribution is 5.94. The molecule has 5 nitrogen and oxygen atoms in total. The number of imidazole rings is 1. The summed E-state index contributed by atoms with van der Waals surface area (Å²) in [5.41, 5.74) is 2.49. The Morgan fingerprint density at radius 2 is 1.93 bits per heavy atom. The molecule has 4 heterocycles. The zero-order valence-electron chi connectivity index (χ0n) is 16.0. The lowest BCUT2D eigenvalue weighted by Gasteiger charge is -2.23. The number of fused-ring (bicyclic) bond motifs is 2. The monoisotopic (exact) mass is 393 g/mol. The fourth-order valence-electron chi connectivity index (χ4n) is 4.16. The van der Waals surface area contributed by atoms with E-state index in [1.54, 1.807) is 36.0 Å². The average Bonchev–Trinajstić information content (AvgIpc) is 3.09. The summed E-state index contributed by atoms with van der Waals surface area (Å²) in [5.74, 6) is -0.0307. The first-order valence-electron chi connectivity index (χ1n) is 9.79. The van der Waals surface area contributed by atoms with E-state index in [0.29, 0.717) is 22.8 Å². The van der Waals surface area contributed by atoms with E-state index in [0.717, 1.165) is 42.6 Å². The molecule has 7 heteroatoms. The van der Waals surface area contributed by atoms with Crippen LogP contribution in [0.5, 0.6) is 0 Å². The van der Waals surface area contributed by atoms with Crippen LogP contribution in [0.15, 0.2) is 42.9 Å². The molecule has 1 fully saturated rings. The minimum Gasteiger partial charge on any atom is -0.338 e. The average molecular weight is 393 g/mol. The third kappa shape index (κ3) is 3.31. The van der Waals surface area contributed by atoms with Crippen LogP contribution in [0.1, 0.15) is 30.0 Å². The van der Waals surface area contributed by atoms with Crippen molar-refractivity contribution in [2.24, 2.45) is 0 Å². The standard InChI is InChI=1S/C22H21F2N5/c1-13-11-29-12-17(10-19(24)22(29)27-13)28-21-20-15(4-7-26-21)8-16(9-18(20)23)14-2-5-25-6-3-14/h4,7-12,14,25H,2-3,5-6H2,1H3,(H,26,28). The molecule has 0 radical (unpaired) electrons.